The fourth-order valence-electron chi connectivity index (χ4n) is 3.14. The smallest absolute Gasteiger partial charge is 0.266 e. The Kier molecular flexibility index (Phi) is 3.49. The molecule has 6 heteroatoms. The van der Waals surface area contributed by atoms with Crippen molar-refractivity contribution in [3.05, 3.63) is 59.1 Å². The lowest BCUT2D eigenvalue weighted by Crippen LogP contribution is -2.37. The van der Waals surface area contributed by atoms with Crippen molar-refractivity contribution in [2.24, 2.45) is 0 Å². The van der Waals surface area contributed by atoms with Gasteiger partial charge in [-0.2, -0.15) is 5.10 Å². The third kappa shape index (κ3) is 2.67. The number of hydrogen-bond acceptors (Lipinski definition) is 5. The van der Waals surface area contributed by atoms with Crippen LogP contribution in [0.1, 0.15) is 12.8 Å². The van der Waals surface area contributed by atoms with Gasteiger partial charge in [-0.05, 0) is 31.0 Å². The molecule has 23 heavy (non-hydrogen) atoms. The lowest BCUT2D eigenvalue weighted by molar-refractivity contribution is 0.487. The van der Waals surface area contributed by atoms with Crippen LogP contribution in [0.2, 0.25) is 0 Å². The Morgan fingerprint density at radius 1 is 1.13 bits per heavy atom. The Hall–Kier alpha value is -2.76. The van der Waals surface area contributed by atoms with E-state index < -0.39 is 0 Å². The second-order valence-corrected chi connectivity index (χ2v) is 5.75. The number of aromatic nitrogens is 4. The van der Waals surface area contributed by atoms with Gasteiger partial charge in [0.1, 0.15) is 5.82 Å². The number of hydrogen-bond donors (Lipinski definition) is 0. The molecule has 116 valence electrons. The normalized spacial score (nSPS) is 17.7. The van der Waals surface area contributed by atoms with Gasteiger partial charge >= 0.3 is 0 Å². The summed E-state index contributed by atoms with van der Waals surface area (Å²) >= 11 is 0. The minimum atomic E-state index is -0.0658. The number of para-hydroxylation sites is 2. The molecule has 0 bridgehead atoms. The minimum Gasteiger partial charge on any atom is -0.350 e. The predicted octanol–water partition coefficient (Wildman–Crippen LogP) is 1.86. The van der Waals surface area contributed by atoms with Crippen LogP contribution in [0.25, 0.3) is 11.0 Å². The third-order valence-corrected chi connectivity index (χ3v) is 4.28. The molecule has 1 fully saturated rings. The molecule has 2 aromatic heterocycles. The summed E-state index contributed by atoms with van der Waals surface area (Å²) in [5, 5.41) is 4.16. The van der Waals surface area contributed by atoms with Gasteiger partial charge in [0.25, 0.3) is 5.56 Å². The van der Waals surface area contributed by atoms with Crippen LogP contribution in [-0.2, 0) is 6.54 Å². The van der Waals surface area contributed by atoms with E-state index in [0.29, 0.717) is 6.54 Å². The van der Waals surface area contributed by atoms with E-state index in [1.165, 1.54) is 4.68 Å². The second-order valence-electron chi connectivity index (χ2n) is 5.75. The molecule has 0 N–H and O–H groups in total. The maximum absolute atomic E-state index is 11.9. The van der Waals surface area contributed by atoms with E-state index >= 15 is 0 Å². The van der Waals surface area contributed by atoms with Crippen molar-refractivity contribution in [3.8, 4) is 0 Å². The standard InChI is InChI=1S/C17H17N5O/c23-17-8-3-9-19-22(17)12-13-5-4-10-21(13)16-11-18-14-6-1-2-7-15(14)20-16/h1-3,6-9,11,13H,4-5,10,12H2. The molecule has 0 radical (unpaired) electrons. The maximum Gasteiger partial charge on any atom is 0.266 e. The first kappa shape index (κ1) is 13.9. The third-order valence-electron chi connectivity index (χ3n) is 4.28. The zero-order valence-electron chi connectivity index (χ0n) is 12.7. The van der Waals surface area contributed by atoms with Crippen molar-refractivity contribution in [1.29, 1.82) is 0 Å². The number of rotatable bonds is 3. The molecule has 1 aliphatic rings. The maximum atomic E-state index is 11.9. The topological polar surface area (TPSA) is 63.9 Å². The first-order chi connectivity index (χ1) is 11.3. The van der Waals surface area contributed by atoms with E-state index in [2.05, 4.69) is 15.0 Å². The molecule has 4 rings (SSSR count). The van der Waals surface area contributed by atoms with Crippen molar-refractivity contribution in [3.63, 3.8) is 0 Å². The molecule has 0 aliphatic carbocycles. The number of nitrogens with zero attached hydrogens (tertiary/aromatic N) is 5. The molecule has 0 amide bonds. The predicted molar refractivity (Wildman–Crippen MR) is 88.4 cm³/mol. The zero-order chi connectivity index (χ0) is 15.6. The summed E-state index contributed by atoms with van der Waals surface area (Å²) in [5.74, 6) is 0.871. The van der Waals surface area contributed by atoms with Gasteiger partial charge in [0.2, 0.25) is 0 Å². The average molecular weight is 307 g/mol. The van der Waals surface area contributed by atoms with Gasteiger partial charge in [0.15, 0.2) is 0 Å². The van der Waals surface area contributed by atoms with E-state index in [1.54, 1.807) is 18.3 Å². The first-order valence-corrected chi connectivity index (χ1v) is 7.82. The Morgan fingerprint density at radius 2 is 2.00 bits per heavy atom. The Morgan fingerprint density at radius 3 is 2.87 bits per heavy atom. The van der Waals surface area contributed by atoms with Crippen molar-refractivity contribution >= 4 is 16.9 Å². The molecule has 3 aromatic rings. The fraction of sp³-hybridized carbons (Fsp3) is 0.294. The summed E-state index contributed by atoms with van der Waals surface area (Å²) in [6, 6.07) is 11.3. The number of anilines is 1. The van der Waals surface area contributed by atoms with Gasteiger partial charge in [-0.25, -0.2) is 9.67 Å². The van der Waals surface area contributed by atoms with E-state index in [0.717, 1.165) is 36.2 Å². The Bertz CT molecular complexity index is 891. The van der Waals surface area contributed by atoms with E-state index in [9.17, 15) is 4.79 Å². The molecule has 1 aliphatic heterocycles. The molecular weight excluding hydrogens is 290 g/mol. The van der Waals surface area contributed by atoms with Gasteiger partial charge in [-0.1, -0.05) is 12.1 Å². The molecular formula is C17H17N5O. The molecule has 1 aromatic carbocycles. The van der Waals surface area contributed by atoms with Gasteiger partial charge in [-0.3, -0.25) is 9.78 Å². The van der Waals surface area contributed by atoms with E-state index in [1.807, 2.05) is 30.5 Å². The van der Waals surface area contributed by atoms with Crippen molar-refractivity contribution < 1.29 is 0 Å². The summed E-state index contributed by atoms with van der Waals surface area (Å²) in [4.78, 5) is 23.3. The lowest BCUT2D eigenvalue weighted by Gasteiger charge is -2.25. The van der Waals surface area contributed by atoms with E-state index in [4.69, 9.17) is 4.98 Å². The summed E-state index contributed by atoms with van der Waals surface area (Å²) in [5.41, 5.74) is 1.72. The van der Waals surface area contributed by atoms with Crippen molar-refractivity contribution in [1.82, 2.24) is 19.7 Å². The molecule has 1 unspecified atom stereocenters. The van der Waals surface area contributed by atoms with Crippen LogP contribution in [-0.4, -0.2) is 32.3 Å². The van der Waals surface area contributed by atoms with Crippen LogP contribution in [0, 0.1) is 0 Å². The van der Waals surface area contributed by atoms with Crippen molar-refractivity contribution in [2.75, 3.05) is 11.4 Å². The van der Waals surface area contributed by atoms with Crippen LogP contribution in [0.5, 0.6) is 0 Å². The average Bonchev–Trinajstić information content (AvgIpc) is 3.05. The van der Waals surface area contributed by atoms with E-state index in [-0.39, 0.29) is 11.6 Å². The zero-order valence-corrected chi connectivity index (χ0v) is 12.7. The van der Waals surface area contributed by atoms with Crippen LogP contribution in [0.4, 0.5) is 5.82 Å². The SMILES string of the molecule is O=c1cccnn1CC1CCCN1c1cnc2ccccc2n1. The highest BCUT2D eigenvalue weighted by molar-refractivity contribution is 5.75. The first-order valence-electron chi connectivity index (χ1n) is 7.82. The summed E-state index contributed by atoms with van der Waals surface area (Å²) in [6.07, 6.45) is 5.58. The summed E-state index contributed by atoms with van der Waals surface area (Å²) < 4.78 is 1.53. The van der Waals surface area contributed by atoms with Gasteiger partial charge in [0.05, 0.1) is 29.8 Å². The number of benzene rings is 1. The fourth-order valence-corrected chi connectivity index (χ4v) is 3.14. The molecule has 0 saturated carbocycles. The largest absolute Gasteiger partial charge is 0.350 e. The van der Waals surface area contributed by atoms with Crippen LogP contribution >= 0.6 is 0 Å². The quantitative estimate of drug-likeness (QED) is 0.739. The molecule has 0 spiro atoms. The summed E-state index contributed by atoms with van der Waals surface area (Å²) in [6.45, 7) is 1.51. The van der Waals surface area contributed by atoms with Gasteiger partial charge in [-0.15, -0.1) is 0 Å². The molecule has 3 heterocycles. The molecule has 1 atom stereocenters. The monoisotopic (exact) mass is 307 g/mol. The van der Waals surface area contributed by atoms with Crippen LogP contribution in [0.3, 0.4) is 0 Å². The summed E-state index contributed by atoms with van der Waals surface area (Å²) in [7, 11) is 0. The Labute approximate surface area is 133 Å². The number of fused-ring (bicyclic) bond motifs is 1. The van der Waals surface area contributed by atoms with Crippen LogP contribution in [0.15, 0.2) is 53.6 Å². The second kappa shape index (κ2) is 5.79. The molecule has 1 saturated heterocycles. The highest BCUT2D eigenvalue weighted by Crippen LogP contribution is 2.25. The lowest BCUT2D eigenvalue weighted by atomic mass is 10.2. The Balaban J connectivity index is 1.64. The van der Waals surface area contributed by atoms with Crippen LogP contribution < -0.4 is 10.5 Å². The molecule has 6 nitrogen and oxygen atoms in total. The van der Waals surface area contributed by atoms with Crippen molar-refractivity contribution in [2.45, 2.75) is 25.4 Å². The highest BCUT2D eigenvalue weighted by Gasteiger charge is 2.27. The highest BCUT2D eigenvalue weighted by atomic mass is 16.1. The minimum absolute atomic E-state index is 0.0658. The van der Waals surface area contributed by atoms with Gasteiger partial charge in [0, 0.05) is 18.8 Å². The van der Waals surface area contributed by atoms with Gasteiger partial charge < -0.3 is 4.90 Å².